The van der Waals surface area contributed by atoms with Crippen LogP contribution in [0.2, 0.25) is 0 Å². The van der Waals surface area contributed by atoms with Crippen LogP contribution in [0.5, 0.6) is 0 Å². The normalized spacial score (nSPS) is 38.4. The third kappa shape index (κ3) is 10.4. The van der Waals surface area contributed by atoms with Gasteiger partial charge in [-0.3, -0.25) is 33.0 Å². The van der Waals surface area contributed by atoms with E-state index in [1.54, 1.807) is 0 Å². The molecule has 1 aromatic rings. The summed E-state index contributed by atoms with van der Waals surface area (Å²) in [5.41, 5.74) is -1.82. The highest BCUT2D eigenvalue weighted by Gasteiger charge is 2.54. The minimum absolute atomic E-state index is 0.697. The second-order valence-electron chi connectivity index (χ2n) is 12.0. The summed E-state index contributed by atoms with van der Waals surface area (Å²) in [6.07, 6.45) is -20.6. The predicted molar refractivity (Wildman–Crippen MR) is 165 cm³/mol. The molecular weight excluding hydrogens is 770 g/mol. The number of rotatable bonds is 14. The van der Waals surface area contributed by atoms with Crippen LogP contribution in [0.1, 0.15) is 20.1 Å². The minimum Gasteiger partial charge on any atom is -0.394 e. The first-order valence-electron chi connectivity index (χ1n) is 15.5. The maximum absolute atomic E-state index is 12.9. The van der Waals surface area contributed by atoms with E-state index in [0.717, 1.165) is 26.1 Å². The molecule has 0 bridgehead atoms. The topological polar surface area (TPSA) is 394 Å². The number of carbonyl (C=O) groups excluding carboxylic acids is 2. The monoisotopic (exact) mass is 810 g/mol. The lowest BCUT2D eigenvalue weighted by Gasteiger charge is -2.48. The van der Waals surface area contributed by atoms with Crippen molar-refractivity contribution in [1.82, 2.24) is 20.2 Å². The van der Waals surface area contributed by atoms with E-state index in [-0.39, 0.29) is 0 Å². The van der Waals surface area contributed by atoms with Crippen LogP contribution >= 0.6 is 15.6 Å². The number of amides is 2. The van der Waals surface area contributed by atoms with Gasteiger partial charge in [0, 0.05) is 26.1 Å². The Hall–Kier alpha value is -2.56. The molecule has 4 heterocycles. The Morgan fingerprint density at radius 3 is 1.94 bits per heavy atom. The number of aromatic amines is 1. The fourth-order valence-corrected chi connectivity index (χ4v) is 7.82. The van der Waals surface area contributed by atoms with E-state index < -0.39 is 144 Å². The molecule has 2 unspecified atom stereocenters. The third-order valence-corrected chi connectivity index (χ3v) is 10.7. The van der Waals surface area contributed by atoms with Crippen LogP contribution in [0.25, 0.3) is 0 Å². The van der Waals surface area contributed by atoms with E-state index in [1.807, 2.05) is 4.98 Å². The molecule has 0 spiro atoms. The summed E-state index contributed by atoms with van der Waals surface area (Å²) in [5, 5.41) is 76.8. The van der Waals surface area contributed by atoms with Crippen molar-refractivity contribution in [3.63, 3.8) is 0 Å². The average Bonchev–Trinajstić information content (AvgIpc) is 3.33. The molecule has 0 saturated carbocycles. The Balaban J connectivity index is 1.46. The van der Waals surface area contributed by atoms with Crippen molar-refractivity contribution >= 4 is 27.5 Å². The zero-order chi connectivity index (χ0) is 39.6. The Morgan fingerprint density at radius 1 is 0.811 bits per heavy atom. The van der Waals surface area contributed by atoms with Crippen LogP contribution in [0.4, 0.5) is 0 Å². The number of carbonyl (C=O) groups is 2. The Kier molecular flexibility index (Phi) is 14.2. The maximum atomic E-state index is 12.9. The predicted octanol–water partition coefficient (Wildman–Crippen LogP) is -6.68. The van der Waals surface area contributed by atoms with Crippen LogP contribution in [-0.2, 0) is 51.0 Å². The van der Waals surface area contributed by atoms with Gasteiger partial charge in [0.15, 0.2) is 18.8 Å². The first kappa shape index (κ1) is 43.2. The number of nitrogens with one attached hydrogen (secondary N) is 3. The zero-order valence-electron chi connectivity index (χ0n) is 27.5. The Morgan fingerprint density at radius 2 is 1.38 bits per heavy atom. The highest BCUT2D eigenvalue weighted by Crippen LogP contribution is 2.61. The van der Waals surface area contributed by atoms with Crippen LogP contribution in [0, 0.1) is 0 Å². The largest absolute Gasteiger partial charge is 0.483 e. The molecule has 2 amide bonds. The first-order chi connectivity index (χ1) is 24.7. The number of ether oxygens (including phenoxy) is 4. The van der Waals surface area contributed by atoms with Gasteiger partial charge in [0.05, 0.1) is 19.8 Å². The van der Waals surface area contributed by atoms with Crippen molar-refractivity contribution in [2.75, 3.05) is 19.8 Å². The van der Waals surface area contributed by atoms with Gasteiger partial charge in [-0.15, -0.1) is 0 Å². The third-order valence-electron chi connectivity index (χ3n) is 8.07. The first-order valence-corrected chi connectivity index (χ1v) is 18.5. The van der Waals surface area contributed by atoms with Gasteiger partial charge in [0.25, 0.3) is 5.56 Å². The van der Waals surface area contributed by atoms with E-state index in [9.17, 15) is 73.8 Å². The van der Waals surface area contributed by atoms with E-state index in [2.05, 4.69) is 19.5 Å². The van der Waals surface area contributed by atoms with Crippen molar-refractivity contribution < 1.29 is 96.6 Å². The molecule has 3 saturated heterocycles. The van der Waals surface area contributed by atoms with Crippen LogP contribution < -0.4 is 21.9 Å². The highest BCUT2D eigenvalue weighted by atomic mass is 31.3. The van der Waals surface area contributed by atoms with Crippen molar-refractivity contribution in [3.05, 3.63) is 33.1 Å². The summed E-state index contributed by atoms with van der Waals surface area (Å²) in [6, 6.07) is -2.53. The van der Waals surface area contributed by atoms with Gasteiger partial charge < -0.3 is 75.1 Å². The van der Waals surface area contributed by atoms with Crippen molar-refractivity contribution in [1.29, 1.82) is 0 Å². The second-order valence-corrected chi connectivity index (χ2v) is 15.0. The fraction of sp³-hybridized carbons (Fsp3) is 0.760. The molecule has 1 aromatic heterocycles. The standard InChI is InChI=1S/C25H40N4O22P2/c1-8(32)26-14-18(37)16(35)10(5-30)47-23(14)49-21-11(6-31)48-24(15(19(21)38)27-9(2)33)50-53(43,44)51-52(41,42)45-7-12-17(36)20(39)22(46-12)29-4-3-13(34)28-25(29)40/h3-4,10-12,14-24,30-31,35-39H,5-7H2,1-2H3,(H,26,32)(H,27,33)(H,41,42)(H,43,44)(H,28,34,40)/t10-,11-,12-,14-,15-,16+,17-,18-,19-,20-,21-,22-,23+,24-/m1/s1. The van der Waals surface area contributed by atoms with Gasteiger partial charge in [0.2, 0.25) is 11.8 Å². The van der Waals surface area contributed by atoms with Crippen molar-refractivity contribution in [2.24, 2.45) is 0 Å². The molecule has 0 radical (unpaired) electrons. The Labute approximate surface area is 297 Å². The fourth-order valence-electron chi connectivity index (χ4n) is 5.65. The van der Waals surface area contributed by atoms with Crippen molar-refractivity contribution in [2.45, 2.75) is 99.7 Å². The van der Waals surface area contributed by atoms with Gasteiger partial charge >= 0.3 is 21.3 Å². The number of phosphoric ester groups is 2. The summed E-state index contributed by atoms with van der Waals surface area (Å²) in [4.78, 5) is 69.8. The molecule has 302 valence electrons. The number of nitrogens with zero attached hydrogens (tertiary/aromatic N) is 1. The SMILES string of the molecule is CC(=O)N[C@H]1[C@@H](OP(=O)(O)OP(=O)(O)OC[C@H]2O[C@@H](n3ccc(=O)[nH]c3=O)[C@H](O)[C@@H]2O)O[C@H](CO)[C@@H](O[C@@H]2O[C@H](CO)[C@H](O)[C@H](O)[C@H]2NC(C)=O)[C@@H]1O. The van der Waals surface area contributed by atoms with Crippen LogP contribution in [0.15, 0.2) is 21.9 Å². The maximum Gasteiger partial charge on any atom is 0.483 e. The summed E-state index contributed by atoms with van der Waals surface area (Å²) in [6.45, 7) is -1.01. The summed E-state index contributed by atoms with van der Waals surface area (Å²) < 4.78 is 62.0. The number of phosphoric acid groups is 2. The van der Waals surface area contributed by atoms with Gasteiger partial charge in [-0.1, -0.05) is 0 Å². The Bertz CT molecular complexity index is 1660. The van der Waals surface area contributed by atoms with Gasteiger partial charge in [-0.2, -0.15) is 4.31 Å². The molecule has 12 N–H and O–H groups in total. The van der Waals surface area contributed by atoms with Gasteiger partial charge in [0.1, 0.15) is 67.0 Å². The molecular formula is C25H40N4O22P2. The quantitative estimate of drug-likeness (QED) is 0.0777. The second kappa shape index (κ2) is 17.5. The molecule has 3 aliphatic rings. The smallest absolute Gasteiger partial charge is 0.394 e. The number of aromatic nitrogens is 2. The summed E-state index contributed by atoms with van der Waals surface area (Å²) >= 11 is 0. The summed E-state index contributed by atoms with van der Waals surface area (Å²) in [5.74, 6) is -1.63. The number of H-pyrrole nitrogens is 1. The molecule has 16 atom stereocenters. The van der Waals surface area contributed by atoms with Crippen LogP contribution in [0.3, 0.4) is 0 Å². The molecule has 0 aromatic carbocycles. The highest BCUT2D eigenvalue weighted by molar-refractivity contribution is 7.61. The summed E-state index contributed by atoms with van der Waals surface area (Å²) in [7, 11) is -11.5. The van der Waals surface area contributed by atoms with E-state index in [0.29, 0.717) is 4.57 Å². The van der Waals surface area contributed by atoms with Gasteiger partial charge in [-0.25, -0.2) is 13.9 Å². The van der Waals surface area contributed by atoms with E-state index in [1.165, 1.54) is 0 Å². The molecule has 26 nitrogen and oxygen atoms in total. The molecule has 3 fully saturated rings. The zero-order valence-corrected chi connectivity index (χ0v) is 29.3. The van der Waals surface area contributed by atoms with Crippen LogP contribution in [-0.4, -0.2) is 166 Å². The lowest BCUT2D eigenvalue weighted by atomic mass is 9.94. The number of hydrogen-bond donors (Lipinski definition) is 12. The van der Waals surface area contributed by atoms with E-state index in [4.69, 9.17) is 23.5 Å². The lowest BCUT2D eigenvalue weighted by Crippen LogP contribution is -2.69. The number of aliphatic hydroxyl groups is 7. The average molecular weight is 811 g/mol. The minimum atomic E-state index is -5.84. The van der Waals surface area contributed by atoms with Gasteiger partial charge in [-0.05, 0) is 0 Å². The molecule has 3 aliphatic heterocycles. The molecule has 53 heavy (non-hydrogen) atoms. The molecule has 0 aliphatic carbocycles. The molecule has 28 heteroatoms. The number of hydrogen-bond acceptors (Lipinski definition) is 20. The van der Waals surface area contributed by atoms with Crippen molar-refractivity contribution in [3.8, 4) is 0 Å². The van der Waals surface area contributed by atoms with E-state index >= 15 is 0 Å². The lowest BCUT2D eigenvalue weighted by molar-refractivity contribution is -0.325. The molecule has 4 rings (SSSR count). The number of aliphatic hydroxyl groups excluding tert-OH is 7.